The van der Waals surface area contributed by atoms with Gasteiger partial charge in [0.25, 0.3) is 0 Å². The van der Waals surface area contributed by atoms with Crippen LogP contribution in [0, 0.1) is 5.92 Å². The lowest BCUT2D eigenvalue weighted by Gasteiger charge is -2.19. The number of amides is 1. The predicted molar refractivity (Wildman–Crippen MR) is 75.2 cm³/mol. The maximum absolute atomic E-state index is 11.7. The summed E-state index contributed by atoms with van der Waals surface area (Å²) in [4.78, 5) is 11.7. The number of hydrogen-bond donors (Lipinski definition) is 3. The van der Waals surface area contributed by atoms with Gasteiger partial charge in [-0.25, -0.2) is 0 Å². The van der Waals surface area contributed by atoms with Crippen LogP contribution in [0.2, 0.25) is 0 Å². The summed E-state index contributed by atoms with van der Waals surface area (Å²) in [5.41, 5.74) is 0.677. The largest absolute Gasteiger partial charge is 0.486 e. The third-order valence-electron chi connectivity index (χ3n) is 2.92. The Morgan fingerprint density at radius 2 is 2.10 bits per heavy atom. The zero-order chi connectivity index (χ0) is 14.4. The summed E-state index contributed by atoms with van der Waals surface area (Å²) in [6.07, 6.45) is 0. The van der Waals surface area contributed by atoms with E-state index in [2.05, 4.69) is 10.6 Å². The van der Waals surface area contributed by atoms with E-state index < -0.39 is 0 Å². The molecule has 0 spiro atoms. The normalized spacial score (nSPS) is 14.7. The SMILES string of the molecule is CC(CO)CNCC(=O)Nc1ccc2c(c1)OCCO2. The Kier molecular flexibility index (Phi) is 5.20. The van der Waals surface area contributed by atoms with Crippen molar-refractivity contribution in [1.29, 1.82) is 0 Å². The molecule has 0 aromatic heterocycles. The minimum Gasteiger partial charge on any atom is -0.486 e. The molecule has 1 amide bonds. The number of fused-ring (bicyclic) bond motifs is 1. The topological polar surface area (TPSA) is 79.8 Å². The molecule has 20 heavy (non-hydrogen) atoms. The van der Waals surface area contributed by atoms with Gasteiger partial charge in [-0.3, -0.25) is 4.79 Å². The van der Waals surface area contributed by atoms with E-state index in [1.54, 1.807) is 18.2 Å². The molecule has 1 heterocycles. The summed E-state index contributed by atoms with van der Waals surface area (Å²) in [5.74, 6) is 1.35. The highest BCUT2D eigenvalue weighted by molar-refractivity contribution is 5.92. The van der Waals surface area contributed by atoms with E-state index in [0.29, 0.717) is 36.9 Å². The zero-order valence-corrected chi connectivity index (χ0v) is 11.5. The van der Waals surface area contributed by atoms with E-state index >= 15 is 0 Å². The van der Waals surface area contributed by atoms with E-state index in [1.807, 2.05) is 6.92 Å². The van der Waals surface area contributed by atoms with Crippen molar-refractivity contribution in [2.45, 2.75) is 6.92 Å². The average molecular weight is 280 g/mol. The Balaban J connectivity index is 1.82. The first-order valence-corrected chi connectivity index (χ1v) is 6.70. The van der Waals surface area contributed by atoms with Crippen molar-refractivity contribution in [3.8, 4) is 11.5 Å². The highest BCUT2D eigenvalue weighted by Crippen LogP contribution is 2.32. The van der Waals surface area contributed by atoms with Gasteiger partial charge in [0.05, 0.1) is 6.54 Å². The Bertz CT molecular complexity index is 464. The number of aliphatic hydroxyl groups is 1. The van der Waals surface area contributed by atoms with Gasteiger partial charge < -0.3 is 25.2 Å². The van der Waals surface area contributed by atoms with Crippen molar-refractivity contribution < 1.29 is 19.4 Å². The van der Waals surface area contributed by atoms with Crippen molar-refractivity contribution in [3.63, 3.8) is 0 Å². The fourth-order valence-corrected chi connectivity index (χ4v) is 1.82. The van der Waals surface area contributed by atoms with Crippen LogP contribution in [0.3, 0.4) is 0 Å². The van der Waals surface area contributed by atoms with Crippen LogP contribution < -0.4 is 20.1 Å². The first-order valence-electron chi connectivity index (χ1n) is 6.70. The van der Waals surface area contributed by atoms with Gasteiger partial charge in [0.15, 0.2) is 11.5 Å². The average Bonchev–Trinajstić information content (AvgIpc) is 2.47. The number of carbonyl (C=O) groups excluding carboxylic acids is 1. The van der Waals surface area contributed by atoms with Gasteiger partial charge in [-0.2, -0.15) is 0 Å². The second kappa shape index (κ2) is 7.12. The van der Waals surface area contributed by atoms with Crippen LogP contribution in [0.4, 0.5) is 5.69 Å². The molecule has 0 aliphatic carbocycles. The first-order chi connectivity index (χ1) is 9.69. The second-order valence-electron chi connectivity index (χ2n) is 4.83. The van der Waals surface area contributed by atoms with Gasteiger partial charge in [-0.1, -0.05) is 6.92 Å². The minimum absolute atomic E-state index is 0.108. The van der Waals surface area contributed by atoms with Gasteiger partial charge in [0, 0.05) is 24.9 Å². The molecule has 0 radical (unpaired) electrons. The quantitative estimate of drug-likeness (QED) is 0.711. The summed E-state index contributed by atoms with van der Waals surface area (Å²) in [7, 11) is 0. The van der Waals surface area contributed by atoms with E-state index in [9.17, 15) is 4.79 Å². The van der Waals surface area contributed by atoms with E-state index in [1.165, 1.54) is 0 Å². The lowest BCUT2D eigenvalue weighted by Crippen LogP contribution is -2.32. The van der Waals surface area contributed by atoms with Gasteiger partial charge in [-0.15, -0.1) is 0 Å². The highest BCUT2D eigenvalue weighted by Gasteiger charge is 2.12. The number of hydrogen-bond acceptors (Lipinski definition) is 5. The number of nitrogens with one attached hydrogen (secondary N) is 2. The van der Waals surface area contributed by atoms with Crippen LogP contribution in [0.5, 0.6) is 11.5 Å². The van der Waals surface area contributed by atoms with Gasteiger partial charge in [0.2, 0.25) is 5.91 Å². The molecule has 0 saturated carbocycles. The molecule has 1 aliphatic heterocycles. The maximum Gasteiger partial charge on any atom is 0.238 e. The van der Waals surface area contributed by atoms with Gasteiger partial charge in [0.1, 0.15) is 13.2 Å². The molecule has 2 rings (SSSR count). The molecule has 110 valence electrons. The molecule has 1 aliphatic rings. The number of carbonyl (C=O) groups is 1. The molecule has 1 atom stereocenters. The number of aliphatic hydroxyl groups excluding tert-OH is 1. The molecular weight excluding hydrogens is 260 g/mol. The molecule has 6 heteroatoms. The summed E-state index contributed by atoms with van der Waals surface area (Å²) in [5, 5.41) is 14.7. The molecule has 0 bridgehead atoms. The summed E-state index contributed by atoms with van der Waals surface area (Å²) < 4.78 is 10.9. The molecule has 1 unspecified atom stereocenters. The van der Waals surface area contributed by atoms with Crippen LogP contribution in [0.15, 0.2) is 18.2 Å². The fraction of sp³-hybridized carbons (Fsp3) is 0.500. The van der Waals surface area contributed by atoms with Crippen LogP contribution in [-0.4, -0.2) is 43.9 Å². The Hall–Kier alpha value is -1.79. The van der Waals surface area contributed by atoms with Gasteiger partial charge >= 0.3 is 0 Å². The van der Waals surface area contributed by atoms with Crippen LogP contribution >= 0.6 is 0 Å². The maximum atomic E-state index is 11.7. The molecule has 1 aromatic carbocycles. The minimum atomic E-state index is -0.133. The third-order valence-corrected chi connectivity index (χ3v) is 2.92. The molecule has 3 N–H and O–H groups in total. The highest BCUT2D eigenvalue weighted by atomic mass is 16.6. The van der Waals surface area contributed by atoms with E-state index in [4.69, 9.17) is 14.6 Å². The molecule has 1 aromatic rings. The summed E-state index contributed by atoms with van der Waals surface area (Å²) >= 11 is 0. The monoisotopic (exact) mass is 280 g/mol. The number of anilines is 1. The van der Waals surface area contributed by atoms with Crippen molar-refractivity contribution in [1.82, 2.24) is 5.32 Å². The standard InChI is InChI=1S/C14H20N2O4/c1-10(9-17)7-15-8-14(18)16-11-2-3-12-13(6-11)20-5-4-19-12/h2-3,6,10,15,17H,4-5,7-9H2,1H3,(H,16,18). The van der Waals surface area contributed by atoms with Crippen molar-refractivity contribution in [2.75, 3.05) is 38.2 Å². The number of benzene rings is 1. The van der Waals surface area contributed by atoms with Gasteiger partial charge in [-0.05, 0) is 18.1 Å². The van der Waals surface area contributed by atoms with Crippen molar-refractivity contribution >= 4 is 11.6 Å². The van der Waals surface area contributed by atoms with Crippen LogP contribution in [0.1, 0.15) is 6.92 Å². The van der Waals surface area contributed by atoms with Crippen LogP contribution in [-0.2, 0) is 4.79 Å². The molecule has 0 fully saturated rings. The Morgan fingerprint density at radius 1 is 1.35 bits per heavy atom. The summed E-state index contributed by atoms with van der Waals surface area (Å²) in [6.45, 7) is 3.89. The first kappa shape index (κ1) is 14.6. The van der Waals surface area contributed by atoms with E-state index in [-0.39, 0.29) is 25.0 Å². The second-order valence-corrected chi connectivity index (χ2v) is 4.83. The van der Waals surface area contributed by atoms with E-state index in [0.717, 1.165) is 0 Å². The zero-order valence-electron chi connectivity index (χ0n) is 11.5. The summed E-state index contributed by atoms with van der Waals surface area (Å²) in [6, 6.07) is 5.32. The molecular formula is C14H20N2O4. The molecule has 0 saturated heterocycles. The third kappa shape index (κ3) is 4.11. The Morgan fingerprint density at radius 3 is 2.85 bits per heavy atom. The van der Waals surface area contributed by atoms with Crippen LogP contribution in [0.25, 0.3) is 0 Å². The smallest absolute Gasteiger partial charge is 0.238 e. The predicted octanol–water partition coefficient (Wildman–Crippen LogP) is 0.614. The Labute approximate surface area is 118 Å². The lowest BCUT2D eigenvalue weighted by molar-refractivity contribution is -0.115. The number of rotatable bonds is 6. The lowest BCUT2D eigenvalue weighted by atomic mass is 10.2. The molecule has 6 nitrogen and oxygen atoms in total. The van der Waals surface area contributed by atoms with Crippen molar-refractivity contribution in [2.24, 2.45) is 5.92 Å². The fourth-order valence-electron chi connectivity index (χ4n) is 1.82. The van der Waals surface area contributed by atoms with Crippen molar-refractivity contribution in [3.05, 3.63) is 18.2 Å². The number of ether oxygens (including phenoxy) is 2.